The molecule has 0 aliphatic heterocycles. The highest BCUT2D eigenvalue weighted by Crippen LogP contribution is 2.13. The smallest absolute Gasteiger partial charge is 0.315 e. The van der Waals surface area contributed by atoms with Gasteiger partial charge in [0.25, 0.3) is 0 Å². The number of hydrogen-bond donors (Lipinski definition) is 2. The molecule has 5 nitrogen and oxygen atoms in total. The van der Waals surface area contributed by atoms with Gasteiger partial charge in [-0.15, -0.1) is 5.10 Å². The van der Waals surface area contributed by atoms with Crippen LogP contribution in [-0.2, 0) is 6.42 Å². The summed E-state index contributed by atoms with van der Waals surface area (Å²) in [5.74, 6) is 0.616. The van der Waals surface area contributed by atoms with E-state index in [1.807, 2.05) is 13.8 Å². The summed E-state index contributed by atoms with van der Waals surface area (Å²) in [6.07, 6.45) is 0.933. The fraction of sp³-hybridized carbons (Fsp3) is 0.467. The number of aromatic nitrogens is 2. The van der Waals surface area contributed by atoms with Crippen molar-refractivity contribution < 1.29 is 4.42 Å². The Labute approximate surface area is 119 Å². The highest BCUT2D eigenvalue weighted by atomic mass is 16.4. The Hall–Kier alpha value is -1.88. The zero-order valence-corrected chi connectivity index (χ0v) is 12.3. The maximum absolute atomic E-state index is 5.56. The van der Waals surface area contributed by atoms with Gasteiger partial charge in [-0.1, -0.05) is 41.9 Å². The van der Waals surface area contributed by atoms with E-state index >= 15 is 0 Å². The lowest BCUT2D eigenvalue weighted by molar-refractivity contribution is 0.429. The van der Waals surface area contributed by atoms with Gasteiger partial charge >= 0.3 is 6.01 Å². The highest BCUT2D eigenvalue weighted by molar-refractivity contribution is 5.24. The van der Waals surface area contributed by atoms with Crippen LogP contribution in [0.1, 0.15) is 36.9 Å². The van der Waals surface area contributed by atoms with Gasteiger partial charge < -0.3 is 15.1 Å². The molecule has 0 aliphatic rings. The Morgan fingerprint density at radius 1 is 1.30 bits per heavy atom. The van der Waals surface area contributed by atoms with Crippen molar-refractivity contribution in [3.63, 3.8) is 0 Å². The fourth-order valence-corrected chi connectivity index (χ4v) is 2.06. The predicted molar refractivity (Wildman–Crippen MR) is 79.8 cm³/mol. The second-order valence-corrected chi connectivity index (χ2v) is 4.89. The van der Waals surface area contributed by atoms with E-state index in [-0.39, 0.29) is 6.04 Å². The average molecular weight is 274 g/mol. The van der Waals surface area contributed by atoms with Gasteiger partial charge in [-0.25, -0.2) is 0 Å². The Bertz CT molecular complexity index is 538. The summed E-state index contributed by atoms with van der Waals surface area (Å²) in [5.41, 5.74) is 2.58. The van der Waals surface area contributed by atoms with E-state index in [9.17, 15) is 0 Å². The summed E-state index contributed by atoms with van der Waals surface area (Å²) in [6.45, 7) is 7.81. The van der Waals surface area contributed by atoms with Crippen molar-refractivity contribution in [1.82, 2.24) is 15.5 Å². The minimum Gasteiger partial charge on any atom is -0.406 e. The molecule has 0 radical (unpaired) electrons. The summed E-state index contributed by atoms with van der Waals surface area (Å²) < 4.78 is 5.56. The third-order valence-corrected chi connectivity index (χ3v) is 3.09. The molecule has 0 bridgehead atoms. The Morgan fingerprint density at radius 2 is 2.15 bits per heavy atom. The minimum atomic E-state index is 0.0832. The van der Waals surface area contributed by atoms with Crippen LogP contribution in [0.25, 0.3) is 0 Å². The minimum absolute atomic E-state index is 0.0832. The first-order chi connectivity index (χ1) is 9.69. The standard InChI is InChI=1S/C15H22N4O/c1-4-16-12(3)14-18-19-15(20-14)17-9-8-13-7-5-6-11(2)10-13/h5-7,10,12,16H,4,8-9H2,1-3H3,(H,17,19). The molecule has 0 spiro atoms. The molecule has 108 valence electrons. The van der Waals surface area contributed by atoms with Gasteiger partial charge in [0, 0.05) is 6.54 Å². The molecule has 20 heavy (non-hydrogen) atoms. The molecule has 0 saturated heterocycles. The molecule has 0 aliphatic carbocycles. The first-order valence-corrected chi connectivity index (χ1v) is 7.05. The molecular formula is C15H22N4O. The van der Waals surface area contributed by atoms with Gasteiger partial charge in [0.15, 0.2) is 0 Å². The largest absolute Gasteiger partial charge is 0.406 e. The Balaban J connectivity index is 1.82. The van der Waals surface area contributed by atoms with Gasteiger partial charge in [0.1, 0.15) is 0 Å². The first kappa shape index (κ1) is 14.5. The van der Waals surface area contributed by atoms with Crippen molar-refractivity contribution in [3.8, 4) is 0 Å². The summed E-state index contributed by atoms with van der Waals surface area (Å²) in [7, 11) is 0. The van der Waals surface area contributed by atoms with E-state index in [1.165, 1.54) is 11.1 Å². The molecule has 0 saturated carbocycles. The van der Waals surface area contributed by atoms with Crippen LogP contribution in [0.5, 0.6) is 0 Å². The topological polar surface area (TPSA) is 63.0 Å². The van der Waals surface area contributed by atoms with E-state index in [0.717, 1.165) is 19.5 Å². The summed E-state index contributed by atoms with van der Waals surface area (Å²) in [6, 6.07) is 9.06. The lowest BCUT2D eigenvalue weighted by atomic mass is 10.1. The fourth-order valence-electron chi connectivity index (χ4n) is 2.06. The molecule has 2 aromatic rings. The van der Waals surface area contributed by atoms with Crippen LogP contribution in [0.4, 0.5) is 6.01 Å². The van der Waals surface area contributed by atoms with Gasteiger partial charge in [0.2, 0.25) is 5.89 Å². The van der Waals surface area contributed by atoms with Crippen molar-refractivity contribution in [3.05, 3.63) is 41.3 Å². The second-order valence-electron chi connectivity index (χ2n) is 4.89. The van der Waals surface area contributed by atoms with E-state index in [0.29, 0.717) is 11.9 Å². The number of nitrogens with zero attached hydrogens (tertiary/aromatic N) is 2. The average Bonchev–Trinajstić information content (AvgIpc) is 2.88. The maximum atomic E-state index is 5.56. The number of anilines is 1. The van der Waals surface area contributed by atoms with Gasteiger partial charge in [0.05, 0.1) is 6.04 Å². The number of rotatable bonds is 7. The van der Waals surface area contributed by atoms with Gasteiger partial charge in [-0.3, -0.25) is 0 Å². The third-order valence-electron chi connectivity index (χ3n) is 3.09. The molecule has 2 N–H and O–H groups in total. The zero-order chi connectivity index (χ0) is 14.4. The van der Waals surface area contributed by atoms with Crippen LogP contribution in [0, 0.1) is 6.92 Å². The molecule has 1 atom stereocenters. The van der Waals surface area contributed by atoms with Crippen LogP contribution in [0.15, 0.2) is 28.7 Å². The SMILES string of the molecule is CCNC(C)c1nnc(NCCc2cccc(C)c2)o1. The Morgan fingerprint density at radius 3 is 2.90 bits per heavy atom. The second kappa shape index (κ2) is 7.05. The molecule has 0 amide bonds. The number of benzene rings is 1. The van der Waals surface area contributed by atoms with Gasteiger partial charge in [-0.2, -0.15) is 0 Å². The molecular weight excluding hydrogens is 252 g/mol. The molecule has 1 unspecified atom stereocenters. The zero-order valence-electron chi connectivity index (χ0n) is 12.3. The third kappa shape index (κ3) is 4.06. The quantitative estimate of drug-likeness (QED) is 0.813. The van der Waals surface area contributed by atoms with Crippen LogP contribution in [-0.4, -0.2) is 23.3 Å². The van der Waals surface area contributed by atoms with Crippen molar-refractivity contribution in [2.24, 2.45) is 0 Å². The van der Waals surface area contributed by atoms with Crippen molar-refractivity contribution in [2.45, 2.75) is 33.2 Å². The maximum Gasteiger partial charge on any atom is 0.315 e. The molecule has 1 heterocycles. The van der Waals surface area contributed by atoms with Crippen LogP contribution < -0.4 is 10.6 Å². The summed E-state index contributed by atoms with van der Waals surface area (Å²) in [4.78, 5) is 0. The van der Waals surface area contributed by atoms with Crippen LogP contribution in [0.3, 0.4) is 0 Å². The summed E-state index contributed by atoms with van der Waals surface area (Å²) in [5, 5.41) is 14.4. The van der Waals surface area contributed by atoms with Crippen molar-refractivity contribution >= 4 is 6.01 Å². The number of nitrogens with one attached hydrogen (secondary N) is 2. The molecule has 5 heteroatoms. The summed E-state index contributed by atoms with van der Waals surface area (Å²) >= 11 is 0. The number of aryl methyl sites for hydroxylation is 1. The van der Waals surface area contributed by atoms with Crippen LogP contribution >= 0.6 is 0 Å². The molecule has 1 aromatic carbocycles. The lowest BCUT2D eigenvalue weighted by Crippen LogP contribution is -2.17. The molecule has 0 fully saturated rings. The lowest BCUT2D eigenvalue weighted by Gasteiger charge is -2.06. The normalized spacial score (nSPS) is 12.3. The van der Waals surface area contributed by atoms with Gasteiger partial charge in [-0.05, 0) is 32.4 Å². The highest BCUT2D eigenvalue weighted by Gasteiger charge is 2.12. The van der Waals surface area contributed by atoms with E-state index in [1.54, 1.807) is 0 Å². The molecule has 2 rings (SSSR count). The Kier molecular flexibility index (Phi) is 5.12. The van der Waals surface area contributed by atoms with Crippen molar-refractivity contribution in [2.75, 3.05) is 18.4 Å². The van der Waals surface area contributed by atoms with E-state index in [2.05, 4.69) is 52.0 Å². The predicted octanol–water partition coefficient (Wildman–Crippen LogP) is 2.70. The monoisotopic (exact) mass is 274 g/mol. The van der Waals surface area contributed by atoms with E-state index < -0.39 is 0 Å². The van der Waals surface area contributed by atoms with Crippen molar-refractivity contribution in [1.29, 1.82) is 0 Å². The molecule has 1 aromatic heterocycles. The van der Waals surface area contributed by atoms with E-state index in [4.69, 9.17) is 4.42 Å². The number of hydrogen-bond acceptors (Lipinski definition) is 5. The first-order valence-electron chi connectivity index (χ1n) is 7.05. The van der Waals surface area contributed by atoms with Crippen LogP contribution in [0.2, 0.25) is 0 Å².